The van der Waals surface area contributed by atoms with Crippen LogP contribution in [0.2, 0.25) is 0 Å². The van der Waals surface area contributed by atoms with Crippen molar-refractivity contribution >= 4 is 12.1 Å². The molecule has 0 bridgehead atoms. The molecule has 5 N–H and O–H groups in total. The molecule has 1 rings (SSSR count). The van der Waals surface area contributed by atoms with Crippen molar-refractivity contribution in [2.24, 2.45) is 0 Å². The summed E-state index contributed by atoms with van der Waals surface area (Å²) in [6, 6.07) is 8.45. The number of Topliss-reactive ketones (excluding diaryl/α,β-unsaturated/α-hetero) is 1. The van der Waals surface area contributed by atoms with Gasteiger partial charge >= 0.3 is 0 Å². The Hall–Kier alpha value is -1.52. The molecule has 0 radical (unpaired) electrons. The maximum Gasteiger partial charge on any atom is 0.225 e. The largest absolute Gasteiger partial charge is 0.412 e. The van der Waals surface area contributed by atoms with Crippen molar-refractivity contribution in [3.8, 4) is 0 Å². The molecule has 0 aromatic heterocycles. The molecule has 0 aliphatic rings. The third-order valence-electron chi connectivity index (χ3n) is 1.17. The van der Waals surface area contributed by atoms with Gasteiger partial charge in [0.25, 0.3) is 0 Å². The SMILES string of the molecule is N.O.O=CC(=O)c1ccccc1. The predicted octanol–water partition coefficient (Wildman–Crippen LogP) is 0.406. The van der Waals surface area contributed by atoms with Crippen LogP contribution in [-0.4, -0.2) is 17.5 Å². The standard InChI is InChI=1S/C8H6O2.H3N.H2O/c9-6-8(10)7-4-2-1-3-5-7;;/h1-6H;1H3;1H2. The monoisotopic (exact) mass is 169 g/mol. The number of carbonyl (C=O) groups is 2. The lowest BCUT2D eigenvalue weighted by Gasteiger charge is -1.88. The van der Waals surface area contributed by atoms with Crippen molar-refractivity contribution < 1.29 is 15.1 Å². The number of aldehydes is 1. The number of hydrogen-bond acceptors (Lipinski definition) is 3. The van der Waals surface area contributed by atoms with Crippen molar-refractivity contribution in [1.82, 2.24) is 6.15 Å². The molecular formula is C8H11NO3. The number of ketones is 1. The summed E-state index contributed by atoms with van der Waals surface area (Å²) in [5, 5.41) is 0. The number of carbonyl (C=O) groups excluding carboxylic acids is 2. The van der Waals surface area contributed by atoms with Gasteiger partial charge in [-0.1, -0.05) is 30.3 Å². The summed E-state index contributed by atoms with van der Waals surface area (Å²) < 4.78 is 0. The van der Waals surface area contributed by atoms with Crippen LogP contribution in [0.1, 0.15) is 10.4 Å². The fourth-order valence-electron chi connectivity index (χ4n) is 0.670. The normalized spacial score (nSPS) is 7.33. The van der Waals surface area contributed by atoms with Gasteiger partial charge in [0.2, 0.25) is 5.78 Å². The molecule has 0 aliphatic carbocycles. The van der Waals surface area contributed by atoms with E-state index in [9.17, 15) is 9.59 Å². The smallest absolute Gasteiger partial charge is 0.225 e. The molecule has 4 heteroatoms. The Morgan fingerprint density at radius 1 is 1.17 bits per heavy atom. The van der Waals surface area contributed by atoms with E-state index in [0.717, 1.165) is 0 Å². The summed E-state index contributed by atoms with van der Waals surface area (Å²) in [4.78, 5) is 20.6. The molecule has 1 aromatic rings. The minimum Gasteiger partial charge on any atom is -0.412 e. The second-order valence-electron chi connectivity index (χ2n) is 1.85. The molecular weight excluding hydrogens is 158 g/mol. The zero-order valence-electron chi connectivity index (χ0n) is 6.49. The second kappa shape index (κ2) is 6.21. The first-order valence-electron chi connectivity index (χ1n) is 2.89. The van der Waals surface area contributed by atoms with E-state index in [4.69, 9.17) is 0 Å². The van der Waals surface area contributed by atoms with Crippen molar-refractivity contribution in [2.45, 2.75) is 0 Å². The lowest BCUT2D eigenvalue weighted by atomic mass is 10.1. The molecule has 0 atom stereocenters. The van der Waals surface area contributed by atoms with E-state index in [-0.39, 0.29) is 11.6 Å². The van der Waals surface area contributed by atoms with Gasteiger partial charge in [0.1, 0.15) is 0 Å². The summed E-state index contributed by atoms with van der Waals surface area (Å²) in [5.74, 6) is -0.472. The fourth-order valence-corrected chi connectivity index (χ4v) is 0.670. The zero-order valence-corrected chi connectivity index (χ0v) is 6.49. The molecule has 0 spiro atoms. The van der Waals surface area contributed by atoms with Crippen molar-refractivity contribution in [3.63, 3.8) is 0 Å². The van der Waals surface area contributed by atoms with Gasteiger partial charge in [0.05, 0.1) is 0 Å². The Labute approximate surface area is 70.1 Å². The first-order valence-corrected chi connectivity index (χ1v) is 2.89. The van der Waals surface area contributed by atoms with E-state index in [1.807, 2.05) is 0 Å². The van der Waals surface area contributed by atoms with Gasteiger partial charge in [-0.3, -0.25) is 9.59 Å². The van der Waals surface area contributed by atoms with Gasteiger partial charge in [-0.15, -0.1) is 0 Å². The molecule has 1 aromatic carbocycles. The van der Waals surface area contributed by atoms with Crippen LogP contribution in [0, 0.1) is 0 Å². The molecule has 0 unspecified atom stereocenters. The molecule has 12 heavy (non-hydrogen) atoms. The Kier molecular flexibility index (Phi) is 6.77. The van der Waals surface area contributed by atoms with Crippen molar-refractivity contribution in [1.29, 1.82) is 0 Å². The van der Waals surface area contributed by atoms with E-state index >= 15 is 0 Å². The Balaban J connectivity index is 0. The average Bonchev–Trinajstić information content (AvgIpc) is 2.05. The highest BCUT2D eigenvalue weighted by Gasteiger charge is 1.99. The number of benzene rings is 1. The van der Waals surface area contributed by atoms with E-state index in [0.29, 0.717) is 11.8 Å². The Morgan fingerprint density at radius 2 is 1.67 bits per heavy atom. The summed E-state index contributed by atoms with van der Waals surface area (Å²) in [6.07, 6.45) is 0.315. The summed E-state index contributed by atoms with van der Waals surface area (Å²) in [6.45, 7) is 0. The van der Waals surface area contributed by atoms with Crippen LogP contribution in [-0.2, 0) is 4.79 Å². The van der Waals surface area contributed by atoms with Crippen LogP contribution in [0.15, 0.2) is 30.3 Å². The van der Waals surface area contributed by atoms with Crippen LogP contribution < -0.4 is 6.15 Å². The minimum atomic E-state index is -0.472. The number of rotatable bonds is 2. The molecule has 4 nitrogen and oxygen atoms in total. The summed E-state index contributed by atoms with van der Waals surface area (Å²) in [7, 11) is 0. The van der Waals surface area contributed by atoms with E-state index in [1.54, 1.807) is 30.3 Å². The van der Waals surface area contributed by atoms with E-state index in [1.165, 1.54) is 0 Å². The van der Waals surface area contributed by atoms with Crippen LogP contribution >= 0.6 is 0 Å². The third kappa shape index (κ3) is 3.05. The molecule has 66 valence electrons. The van der Waals surface area contributed by atoms with Gasteiger partial charge in [0.15, 0.2) is 6.29 Å². The quantitative estimate of drug-likeness (QED) is 0.394. The molecule has 0 saturated carbocycles. The van der Waals surface area contributed by atoms with Gasteiger partial charge in [0, 0.05) is 5.56 Å². The van der Waals surface area contributed by atoms with E-state index < -0.39 is 5.78 Å². The van der Waals surface area contributed by atoms with Gasteiger partial charge in [-0.05, 0) is 0 Å². The topological polar surface area (TPSA) is 101 Å². The van der Waals surface area contributed by atoms with E-state index in [2.05, 4.69) is 0 Å². The maximum atomic E-state index is 10.6. The molecule has 0 fully saturated rings. The molecule has 0 amide bonds. The highest BCUT2D eigenvalue weighted by atomic mass is 16.2. The minimum absolute atomic E-state index is 0. The summed E-state index contributed by atoms with van der Waals surface area (Å²) >= 11 is 0. The average molecular weight is 169 g/mol. The first-order chi connectivity index (χ1) is 4.84. The summed E-state index contributed by atoms with van der Waals surface area (Å²) in [5.41, 5.74) is 0.442. The third-order valence-corrected chi connectivity index (χ3v) is 1.17. The van der Waals surface area contributed by atoms with Gasteiger partial charge in [-0.2, -0.15) is 0 Å². The Bertz CT molecular complexity index is 246. The predicted molar refractivity (Wildman–Crippen MR) is 45.5 cm³/mol. The maximum absolute atomic E-state index is 10.6. The van der Waals surface area contributed by atoms with Crippen LogP contribution in [0.25, 0.3) is 0 Å². The van der Waals surface area contributed by atoms with Crippen LogP contribution in [0.4, 0.5) is 0 Å². The molecule has 0 aliphatic heterocycles. The number of hydrogen-bond donors (Lipinski definition) is 1. The highest BCUT2D eigenvalue weighted by molar-refractivity contribution is 6.33. The van der Waals surface area contributed by atoms with Crippen LogP contribution in [0.3, 0.4) is 0 Å². The van der Waals surface area contributed by atoms with Crippen molar-refractivity contribution in [3.05, 3.63) is 35.9 Å². The highest BCUT2D eigenvalue weighted by Crippen LogP contribution is 1.96. The first kappa shape index (κ1) is 13.1. The lowest BCUT2D eigenvalue weighted by molar-refractivity contribution is -0.104. The van der Waals surface area contributed by atoms with Gasteiger partial charge < -0.3 is 11.6 Å². The second-order valence-corrected chi connectivity index (χ2v) is 1.85. The molecule has 0 heterocycles. The van der Waals surface area contributed by atoms with Gasteiger partial charge in [-0.25, -0.2) is 0 Å². The fraction of sp³-hybridized carbons (Fsp3) is 0. The Morgan fingerprint density at radius 3 is 2.08 bits per heavy atom. The lowest BCUT2D eigenvalue weighted by Crippen LogP contribution is -1.97. The van der Waals surface area contributed by atoms with Crippen LogP contribution in [0.5, 0.6) is 0 Å². The van der Waals surface area contributed by atoms with Crippen molar-refractivity contribution in [2.75, 3.05) is 0 Å². The molecule has 0 saturated heterocycles. The zero-order chi connectivity index (χ0) is 7.40.